The molecule has 0 radical (unpaired) electrons. The molecule has 0 aliphatic rings. The average Bonchev–Trinajstić information content (AvgIpc) is 2.58. The molecule has 26 heavy (non-hydrogen) atoms. The Bertz CT molecular complexity index is 828. The second-order valence-electron chi connectivity index (χ2n) is 5.13. The fourth-order valence-electron chi connectivity index (χ4n) is 2.10. The lowest BCUT2D eigenvalue weighted by Gasteiger charge is -2.10. The van der Waals surface area contributed by atoms with E-state index < -0.39 is 24.1 Å². The van der Waals surface area contributed by atoms with E-state index in [0.717, 1.165) is 23.9 Å². The molecule has 2 rings (SSSR count). The molecular formula is C16H14F3N3O3S. The monoisotopic (exact) mass is 385 g/mol. The lowest BCUT2D eigenvalue weighted by molar-refractivity contribution is -0.137. The van der Waals surface area contributed by atoms with Crippen LogP contribution in [0.5, 0.6) is 5.88 Å². The summed E-state index contributed by atoms with van der Waals surface area (Å²) >= 11 is 1.16. The van der Waals surface area contributed by atoms with Gasteiger partial charge in [-0.3, -0.25) is 9.59 Å². The summed E-state index contributed by atoms with van der Waals surface area (Å²) in [6.45, 7) is -0.471. The van der Waals surface area contributed by atoms with Gasteiger partial charge in [-0.2, -0.15) is 18.2 Å². The molecule has 0 saturated heterocycles. The van der Waals surface area contributed by atoms with Crippen molar-refractivity contribution >= 4 is 29.8 Å². The number of carbonyl (C=O) groups excluding carboxylic acids is 2. The van der Waals surface area contributed by atoms with Crippen LogP contribution in [0, 0.1) is 0 Å². The van der Waals surface area contributed by atoms with Gasteiger partial charge in [-0.05, 0) is 17.9 Å². The number of hydrogen-bond donors (Lipinski definition) is 1. The van der Waals surface area contributed by atoms with Crippen LogP contribution in [0.25, 0.3) is 0 Å². The van der Waals surface area contributed by atoms with Crippen molar-refractivity contribution in [3.8, 4) is 5.88 Å². The number of aldehydes is 1. The zero-order chi connectivity index (χ0) is 19.3. The van der Waals surface area contributed by atoms with Gasteiger partial charge in [0.05, 0.1) is 5.56 Å². The Morgan fingerprint density at radius 1 is 1.35 bits per heavy atom. The van der Waals surface area contributed by atoms with Crippen LogP contribution in [0.15, 0.2) is 29.3 Å². The third-order valence-electron chi connectivity index (χ3n) is 3.23. The lowest BCUT2D eigenvalue weighted by atomic mass is 10.1. The molecule has 1 heterocycles. The maximum atomic E-state index is 12.7. The first kappa shape index (κ1) is 19.7. The Balaban J connectivity index is 2.08. The number of hydrogen-bond acceptors (Lipinski definition) is 7. The number of benzene rings is 1. The summed E-state index contributed by atoms with van der Waals surface area (Å²) in [6.07, 6.45) is -2.58. The zero-order valence-electron chi connectivity index (χ0n) is 13.5. The van der Waals surface area contributed by atoms with Crippen molar-refractivity contribution in [3.05, 3.63) is 41.0 Å². The van der Waals surface area contributed by atoms with Crippen LogP contribution < -0.4 is 10.5 Å². The molecule has 0 aliphatic heterocycles. The SMILES string of the molecule is CSc1nc(N)nc(OCC(=O)Cc2cccc(C(F)(F)F)c2)c1C=O. The number of nitrogens with two attached hydrogens (primary N) is 1. The first-order valence-electron chi connectivity index (χ1n) is 7.22. The number of ketones is 1. The van der Waals surface area contributed by atoms with Crippen LogP contribution in [-0.4, -0.2) is 34.9 Å². The van der Waals surface area contributed by atoms with Crippen molar-refractivity contribution < 1.29 is 27.5 Å². The fourth-order valence-corrected chi connectivity index (χ4v) is 2.64. The smallest absolute Gasteiger partial charge is 0.416 e. The Morgan fingerprint density at radius 2 is 2.08 bits per heavy atom. The van der Waals surface area contributed by atoms with Crippen molar-refractivity contribution in [2.45, 2.75) is 17.6 Å². The molecule has 1 aromatic heterocycles. The van der Waals surface area contributed by atoms with Crippen molar-refractivity contribution in [3.63, 3.8) is 0 Å². The van der Waals surface area contributed by atoms with Gasteiger partial charge in [0.25, 0.3) is 0 Å². The molecule has 0 spiro atoms. The minimum Gasteiger partial charge on any atom is -0.469 e. The highest BCUT2D eigenvalue weighted by Crippen LogP contribution is 2.29. The van der Waals surface area contributed by atoms with E-state index in [1.165, 1.54) is 12.1 Å². The van der Waals surface area contributed by atoms with Gasteiger partial charge < -0.3 is 10.5 Å². The lowest BCUT2D eigenvalue weighted by Crippen LogP contribution is -2.16. The number of rotatable bonds is 7. The maximum Gasteiger partial charge on any atom is 0.416 e. The van der Waals surface area contributed by atoms with Crippen LogP contribution in [0.3, 0.4) is 0 Å². The van der Waals surface area contributed by atoms with E-state index in [1.807, 2.05) is 0 Å². The van der Waals surface area contributed by atoms with E-state index in [0.29, 0.717) is 11.3 Å². The third-order valence-corrected chi connectivity index (χ3v) is 3.93. The number of ether oxygens (including phenoxy) is 1. The van der Waals surface area contributed by atoms with E-state index in [1.54, 1.807) is 6.26 Å². The Morgan fingerprint density at radius 3 is 2.69 bits per heavy atom. The van der Waals surface area contributed by atoms with Crippen molar-refractivity contribution in [2.24, 2.45) is 0 Å². The van der Waals surface area contributed by atoms with Crippen LogP contribution >= 0.6 is 11.8 Å². The van der Waals surface area contributed by atoms with E-state index in [-0.39, 0.29) is 29.4 Å². The van der Waals surface area contributed by atoms with E-state index in [9.17, 15) is 22.8 Å². The summed E-state index contributed by atoms with van der Waals surface area (Å²) in [5.74, 6) is -0.751. The second kappa shape index (κ2) is 8.17. The molecule has 0 amide bonds. The summed E-state index contributed by atoms with van der Waals surface area (Å²) in [7, 11) is 0. The first-order valence-corrected chi connectivity index (χ1v) is 8.44. The number of aromatic nitrogens is 2. The predicted octanol–water partition coefficient (Wildman–Crippen LogP) is 2.80. The minimum absolute atomic E-state index is 0.0542. The molecule has 0 bridgehead atoms. The number of anilines is 1. The number of halogens is 3. The molecule has 138 valence electrons. The summed E-state index contributed by atoms with van der Waals surface area (Å²) in [4.78, 5) is 30.8. The Labute approximate surface area is 151 Å². The molecule has 2 N–H and O–H groups in total. The molecular weight excluding hydrogens is 371 g/mol. The molecule has 0 aliphatic carbocycles. The van der Waals surface area contributed by atoms with Crippen molar-refractivity contribution in [1.82, 2.24) is 9.97 Å². The number of nitrogen functional groups attached to an aromatic ring is 1. The van der Waals surface area contributed by atoms with Gasteiger partial charge in [0.2, 0.25) is 11.8 Å². The molecule has 0 fully saturated rings. The number of thioether (sulfide) groups is 1. The largest absolute Gasteiger partial charge is 0.469 e. The van der Waals surface area contributed by atoms with Crippen LogP contribution in [0.1, 0.15) is 21.5 Å². The van der Waals surface area contributed by atoms with Crippen LogP contribution in [-0.2, 0) is 17.4 Å². The highest BCUT2D eigenvalue weighted by atomic mass is 32.2. The molecule has 1 aromatic carbocycles. The van der Waals surface area contributed by atoms with Crippen LogP contribution in [0.4, 0.5) is 19.1 Å². The molecule has 2 aromatic rings. The normalized spacial score (nSPS) is 11.2. The second-order valence-corrected chi connectivity index (χ2v) is 5.92. The fraction of sp³-hybridized carbons (Fsp3) is 0.250. The predicted molar refractivity (Wildman–Crippen MR) is 89.3 cm³/mol. The number of Topliss-reactive ketones (excluding diaryl/α,β-unsaturated/α-hetero) is 1. The minimum atomic E-state index is -4.48. The van der Waals surface area contributed by atoms with E-state index in [2.05, 4.69) is 9.97 Å². The molecule has 0 saturated carbocycles. The van der Waals surface area contributed by atoms with Gasteiger partial charge in [-0.1, -0.05) is 18.2 Å². The van der Waals surface area contributed by atoms with E-state index >= 15 is 0 Å². The van der Waals surface area contributed by atoms with E-state index in [4.69, 9.17) is 10.5 Å². The summed E-state index contributed by atoms with van der Waals surface area (Å²) < 4.78 is 43.3. The molecule has 0 atom stereocenters. The third kappa shape index (κ3) is 4.94. The topological polar surface area (TPSA) is 95.2 Å². The van der Waals surface area contributed by atoms with Crippen molar-refractivity contribution in [2.75, 3.05) is 18.6 Å². The molecule has 6 nitrogen and oxygen atoms in total. The highest BCUT2D eigenvalue weighted by Gasteiger charge is 2.30. The first-order chi connectivity index (χ1) is 12.2. The van der Waals surface area contributed by atoms with Crippen molar-refractivity contribution in [1.29, 1.82) is 0 Å². The average molecular weight is 385 g/mol. The molecule has 10 heteroatoms. The maximum absolute atomic E-state index is 12.7. The number of carbonyl (C=O) groups is 2. The standard InChI is InChI=1S/C16H14F3N3O3S/c1-26-14-12(7-23)13(21-15(20)22-14)25-8-11(24)6-9-3-2-4-10(5-9)16(17,18)19/h2-5,7H,6,8H2,1H3,(H2,20,21,22). The Hall–Kier alpha value is -2.62. The summed E-state index contributed by atoms with van der Waals surface area (Å²) in [5.41, 5.74) is 4.95. The van der Waals surface area contributed by atoms with Gasteiger partial charge in [0.1, 0.15) is 17.2 Å². The van der Waals surface area contributed by atoms with Gasteiger partial charge in [-0.25, -0.2) is 4.98 Å². The number of alkyl halides is 3. The van der Waals surface area contributed by atoms with Gasteiger partial charge >= 0.3 is 6.18 Å². The van der Waals surface area contributed by atoms with Gasteiger partial charge in [0, 0.05) is 6.42 Å². The Kier molecular flexibility index (Phi) is 6.19. The summed E-state index contributed by atoms with van der Waals surface area (Å²) in [5, 5.41) is 0.299. The summed E-state index contributed by atoms with van der Waals surface area (Å²) in [6, 6.07) is 4.48. The quantitative estimate of drug-likeness (QED) is 0.445. The van der Waals surface area contributed by atoms with Gasteiger partial charge in [0.15, 0.2) is 12.1 Å². The highest BCUT2D eigenvalue weighted by molar-refractivity contribution is 7.98. The number of nitrogens with zero attached hydrogens (tertiary/aromatic N) is 2. The van der Waals surface area contributed by atoms with Crippen LogP contribution in [0.2, 0.25) is 0 Å². The molecule has 0 unspecified atom stereocenters. The van der Waals surface area contributed by atoms with Gasteiger partial charge in [-0.15, -0.1) is 11.8 Å². The zero-order valence-corrected chi connectivity index (χ0v) is 14.4.